The van der Waals surface area contributed by atoms with Crippen LogP contribution in [0.1, 0.15) is 53.5 Å². The molecule has 1 saturated heterocycles. The molecule has 0 amide bonds. The van der Waals surface area contributed by atoms with Crippen LogP contribution in [-0.4, -0.2) is 38.1 Å². The predicted octanol–water partition coefficient (Wildman–Crippen LogP) is 6.07. The molecule has 184 valence electrons. The van der Waals surface area contributed by atoms with Crippen molar-refractivity contribution < 1.29 is 12.8 Å². The summed E-state index contributed by atoms with van der Waals surface area (Å²) in [5.74, 6) is 1.90. The number of rotatable bonds is 7. The molecule has 3 heterocycles. The van der Waals surface area contributed by atoms with Gasteiger partial charge in [0.1, 0.15) is 27.4 Å². The number of piperidine rings is 1. The van der Waals surface area contributed by atoms with Crippen LogP contribution in [0.15, 0.2) is 65.2 Å². The third-order valence-electron chi connectivity index (χ3n) is 7.05. The zero-order valence-electron chi connectivity index (χ0n) is 20.8. The number of aromatic nitrogens is 1. The van der Waals surface area contributed by atoms with E-state index in [0.717, 1.165) is 41.1 Å². The second kappa shape index (κ2) is 9.57. The summed E-state index contributed by atoms with van der Waals surface area (Å²) in [6, 6.07) is 19.0. The third-order valence-corrected chi connectivity index (χ3v) is 8.00. The van der Waals surface area contributed by atoms with Gasteiger partial charge in [0.25, 0.3) is 0 Å². The Hall–Kier alpha value is -2.99. The van der Waals surface area contributed by atoms with Crippen molar-refractivity contribution in [3.8, 4) is 0 Å². The number of sulfone groups is 1. The number of aryl methyl sites for hydroxylation is 3. The van der Waals surface area contributed by atoms with E-state index in [1.807, 2.05) is 25.1 Å². The fraction of sp³-hybridized carbons (Fsp3) is 0.379. The van der Waals surface area contributed by atoms with E-state index in [9.17, 15) is 8.42 Å². The lowest BCUT2D eigenvalue weighted by Gasteiger charge is -2.33. The Bertz CT molecular complexity index is 1440. The summed E-state index contributed by atoms with van der Waals surface area (Å²) in [6.45, 7) is 6.25. The van der Waals surface area contributed by atoms with Crippen LogP contribution in [0.5, 0.6) is 0 Å². The lowest BCUT2D eigenvalue weighted by Crippen LogP contribution is -2.31. The van der Waals surface area contributed by atoms with E-state index in [-0.39, 0.29) is 11.8 Å². The van der Waals surface area contributed by atoms with Gasteiger partial charge in [0.15, 0.2) is 0 Å². The summed E-state index contributed by atoms with van der Waals surface area (Å²) in [5.41, 5.74) is 5.85. The molecule has 1 aliphatic heterocycles. The molecule has 6 heteroatoms. The zero-order valence-corrected chi connectivity index (χ0v) is 21.6. The Morgan fingerprint density at radius 1 is 0.971 bits per heavy atom. The van der Waals surface area contributed by atoms with Gasteiger partial charge in [0, 0.05) is 47.7 Å². The smallest absolute Gasteiger partial charge is 0.147 e. The number of para-hydroxylation sites is 1. The van der Waals surface area contributed by atoms with Crippen LogP contribution in [0.4, 0.5) is 5.69 Å². The van der Waals surface area contributed by atoms with Gasteiger partial charge in [-0.3, -0.25) is 0 Å². The summed E-state index contributed by atoms with van der Waals surface area (Å²) < 4.78 is 32.4. The van der Waals surface area contributed by atoms with Crippen LogP contribution in [0, 0.1) is 13.8 Å². The second-order valence-corrected chi connectivity index (χ2v) is 12.2. The molecule has 5 rings (SSSR count). The zero-order chi connectivity index (χ0) is 24.6. The van der Waals surface area contributed by atoms with E-state index in [4.69, 9.17) is 4.42 Å². The Balaban J connectivity index is 1.71. The van der Waals surface area contributed by atoms with Gasteiger partial charge in [-0.2, -0.15) is 0 Å². The highest BCUT2D eigenvalue weighted by molar-refractivity contribution is 7.90. The molecule has 5 nitrogen and oxygen atoms in total. The molecule has 4 aromatic rings. The molecule has 0 saturated carbocycles. The fourth-order valence-electron chi connectivity index (χ4n) is 5.32. The lowest BCUT2D eigenvalue weighted by molar-refractivity contribution is 0.445. The molecule has 2 aromatic heterocycles. The highest BCUT2D eigenvalue weighted by Gasteiger charge is 2.27. The maximum Gasteiger partial charge on any atom is 0.147 e. The minimum atomic E-state index is -3.06. The van der Waals surface area contributed by atoms with Gasteiger partial charge in [-0.05, 0) is 74.9 Å². The number of fused-ring (bicyclic) bond motifs is 1. The van der Waals surface area contributed by atoms with Crippen molar-refractivity contribution in [3.63, 3.8) is 0 Å². The molecule has 1 unspecified atom stereocenters. The van der Waals surface area contributed by atoms with Crippen molar-refractivity contribution in [2.24, 2.45) is 0 Å². The maximum atomic E-state index is 12.0. The Morgan fingerprint density at radius 2 is 1.74 bits per heavy atom. The van der Waals surface area contributed by atoms with Gasteiger partial charge in [-0.25, -0.2) is 8.42 Å². The fourth-order valence-corrected chi connectivity index (χ4v) is 5.91. The third kappa shape index (κ3) is 5.03. The van der Waals surface area contributed by atoms with Crippen LogP contribution in [-0.2, 0) is 16.3 Å². The standard InChI is InChI=1S/C29H34N2O3S/c1-21-11-13-25(27(19-21)30-16-7-4-8-17-30)29(28-14-12-22(2)34-28)31-20-23(15-18-35(3,32)33)24-9-5-6-10-26(24)31/h5-6,9-14,19-20,29H,4,7-8,15-18H2,1-3H3. The van der Waals surface area contributed by atoms with Crippen molar-refractivity contribution >= 4 is 26.4 Å². The molecule has 0 bridgehead atoms. The first kappa shape index (κ1) is 23.7. The van der Waals surface area contributed by atoms with Crippen LogP contribution < -0.4 is 4.90 Å². The van der Waals surface area contributed by atoms with Crippen molar-refractivity contribution in [3.05, 3.63) is 89.0 Å². The molecule has 1 atom stereocenters. The van der Waals surface area contributed by atoms with Crippen molar-refractivity contribution in [2.75, 3.05) is 30.0 Å². The van der Waals surface area contributed by atoms with Gasteiger partial charge in [0.2, 0.25) is 0 Å². The normalized spacial score (nSPS) is 15.6. The summed E-state index contributed by atoms with van der Waals surface area (Å²) >= 11 is 0. The quantitative estimate of drug-likeness (QED) is 0.316. The molecular formula is C29H34N2O3S. The van der Waals surface area contributed by atoms with E-state index < -0.39 is 9.84 Å². The van der Waals surface area contributed by atoms with Crippen molar-refractivity contribution in [2.45, 2.75) is 45.6 Å². The van der Waals surface area contributed by atoms with Gasteiger partial charge < -0.3 is 13.9 Å². The maximum absolute atomic E-state index is 12.0. The van der Waals surface area contributed by atoms with Gasteiger partial charge >= 0.3 is 0 Å². The van der Waals surface area contributed by atoms with Crippen LogP contribution in [0.25, 0.3) is 10.9 Å². The van der Waals surface area contributed by atoms with E-state index in [1.165, 1.54) is 42.3 Å². The number of nitrogens with zero attached hydrogens (tertiary/aromatic N) is 2. The number of benzene rings is 2. The number of furan rings is 1. The van der Waals surface area contributed by atoms with Crippen molar-refractivity contribution in [1.82, 2.24) is 4.57 Å². The summed E-state index contributed by atoms with van der Waals surface area (Å²) in [4.78, 5) is 2.52. The van der Waals surface area contributed by atoms with E-state index >= 15 is 0 Å². The molecule has 0 radical (unpaired) electrons. The molecular weight excluding hydrogens is 456 g/mol. The highest BCUT2D eigenvalue weighted by Crippen LogP contribution is 2.39. The summed E-state index contributed by atoms with van der Waals surface area (Å²) in [7, 11) is -3.06. The second-order valence-electron chi connectivity index (χ2n) is 9.92. The van der Waals surface area contributed by atoms with E-state index in [0.29, 0.717) is 6.42 Å². The number of anilines is 1. The molecule has 0 aliphatic carbocycles. The van der Waals surface area contributed by atoms with Crippen LogP contribution in [0.2, 0.25) is 0 Å². The Labute approximate surface area is 208 Å². The van der Waals surface area contributed by atoms with Gasteiger partial charge in [-0.15, -0.1) is 0 Å². The number of hydrogen-bond donors (Lipinski definition) is 0. The molecule has 1 fully saturated rings. The number of hydrogen-bond acceptors (Lipinski definition) is 4. The Morgan fingerprint density at radius 3 is 2.46 bits per heavy atom. The van der Waals surface area contributed by atoms with Gasteiger partial charge in [0.05, 0.1) is 5.75 Å². The highest BCUT2D eigenvalue weighted by atomic mass is 32.2. The Kier molecular flexibility index (Phi) is 6.49. The molecule has 35 heavy (non-hydrogen) atoms. The van der Waals surface area contributed by atoms with Crippen LogP contribution in [0.3, 0.4) is 0 Å². The minimum absolute atomic E-state index is 0.134. The minimum Gasteiger partial charge on any atom is -0.464 e. The first-order chi connectivity index (χ1) is 16.8. The average Bonchev–Trinajstić information content (AvgIpc) is 3.43. The van der Waals surface area contributed by atoms with Crippen LogP contribution >= 0.6 is 0 Å². The molecule has 0 spiro atoms. The summed E-state index contributed by atoms with van der Waals surface area (Å²) in [6.07, 6.45) is 7.63. The largest absolute Gasteiger partial charge is 0.464 e. The monoisotopic (exact) mass is 490 g/mol. The van der Waals surface area contributed by atoms with Gasteiger partial charge in [-0.1, -0.05) is 30.3 Å². The summed E-state index contributed by atoms with van der Waals surface area (Å²) in [5, 5.41) is 1.09. The topological polar surface area (TPSA) is 55.5 Å². The van der Waals surface area contributed by atoms with Crippen molar-refractivity contribution in [1.29, 1.82) is 0 Å². The lowest BCUT2D eigenvalue weighted by atomic mass is 9.97. The average molecular weight is 491 g/mol. The first-order valence-electron chi connectivity index (χ1n) is 12.5. The molecule has 0 N–H and O–H groups in total. The van der Waals surface area contributed by atoms with E-state index in [1.54, 1.807) is 0 Å². The molecule has 2 aromatic carbocycles. The first-order valence-corrected chi connectivity index (χ1v) is 14.5. The predicted molar refractivity (Wildman–Crippen MR) is 143 cm³/mol. The molecule has 1 aliphatic rings. The SMILES string of the molecule is Cc1ccc(C(c2ccc(C)o2)n2cc(CCS(C)(=O)=O)c3ccccc32)c(N2CCCCC2)c1. The van der Waals surface area contributed by atoms with E-state index in [2.05, 4.69) is 59.0 Å².